The molecule has 16 heavy (non-hydrogen) atoms. The van der Waals surface area contributed by atoms with Crippen LogP contribution in [-0.2, 0) is 4.79 Å². The summed E-state index contributed by atoms with van der Waals surface area (Å²) in [4.78, 5) is 14.0. The summed E-state index contributed by atoms with van der Waals surface area (Å²) < 4.78 is 0. The minimum absolute atomic E-state index is 0.106. The number of likely N-dealkylation sites (N-methyl/N-ethyl adjacent to an activating group) is 1. The average Bonchev–Trinajstić information content (AvgIpc) is 2.18. The van der Waals surface area contributed by atoms with Gasteiger partial charge in [0.05, 0.1) is 16.5 Å². The number of rotatable bonds is 6. The van der Waals surface area contributed by atoms with Crippen molar-refractivity contribution < 1.29 is 9.90 Å². The third kappa shape index (κ3) is 3.15. The Morgan fingerprint density at radius 1 is 1.50 bits per heavy atom. The summed E-state index contributed by atoms with van der Waals surface area (Å²) in [6, 6.07) is 0. The second kappa shape index (κ2) is 6.15. The number of aliphatic hydroxyl groups is 1. The molecule has 0 aliphatic carbocycles. The number of thiocarbonyl (C=S) groups is 1. The van der Waals surface area contributed by atoms with E-state index in [1.165, 1.54) is 4.90 Å². The van der Waals surface area contributed by atoms with Crippen molar-refractivity contribution in [1.29, 1.82) is 0 Å². The van der Waals surface area contributed by atoms with E-state index in [0.29, 0.717) is 19.4 Å². The summed E-state index contributed by atoms with van der Waals surface area (Å²) in [5.41, 5.74) is 4.92. The lowest BCUT2D eigenvalue weighted by Crippen LogP contribution is -2.50. The summed E-state index contributed by atoms with van der Waals surface area (Å²) in [6.07, 6.45) is 0.621. The van der Waals surface area contributed by atoms with Crippen LogP contribution in [0.1, 0.15) is 33.6 Å². The van der Waals surface area contributed by atoms with Crippen LogP contribution in [0, 0.1) is 5.41 Å². The third-order valence-corrected chi connectivity index (χ3v) is 3.36. The minimum Gasteiger partial charge on any atom is -0.392 e. The SMILES string of the molecule is CCC(CC)(C(=O)N(C)CC(C)O)C(N)=S. The van der Waals surface area contributed by atoms with Gasteiger partial charge in [0, 0.05) is 13.6 Å². The van der Waals surface area contributed by atoms with Gasteiger partial charge in [-0.05, 0) is 19.8 Å². The number of nitrogens with zero attached hydrogens (tertiary/aromatic N) is 1. The molecule has 0 aromatic heterocycles. The first-order valence-corrected chi connectivity index (χ1v) is 5.96. The topological polar surface area (TPSA) is 66.6 Å². The average molecular weight is 246 g/mol. The molecule has 0 saturated carbocycles. The predicted molar refractivity (Wildman–Crippen MR) is 69.1 cm³/mol. The van der Waals surface area contributed by atoms with Gasteiger partial charge in [-0.3, -0.25) is 4.79 Å². The second-order valence-electron chi connectivity index (χ2n) is 4.19. The van der Waals surface area contributed by atoms with Gasteiger partial charge in [-0.15, -0.1) is 0 Å². The molecule has 0 aromatic rings. The highest BCUT2D eigenvalue weighted by Gasteiger charge is 2.40. The Balaban J connectivity index is 4.95. The van der Waals surface area contributed by atoms with E-state index in [0.717, 1.165) is 0 Å². The smallest absolute Gasteiger partial charge is 0.235 e. The molecule has 5 heteroatoms. The molecular weight excluding hydrogens is 224 g/mol. The van der Waals surface area contributed by atoms with Crippen molar-refractivity contribution in [1.82, 2.24) is 4.90 Å². The van der Waals surface area contributed by atoms with Crippen LogP contribution >= 0.6 is 12.2 Å². The zero-order valence-electron chi connectivity index (χ0n) is 10.5. The van der Waals surface area contributed by atoms with Gasteiger partial charge in [-0.2, -0.15) is 0 Å². The molecule has 1 amide bonds. The summed E-state index contributed by atoms with van der Waals surface area (Å²) in [7, 11) is 1.66. The molecule has 0 radical (unpaired) electrons. The Labute approximate surface area is 103 Å². The highest BCUT2D eigenvalue weighted by Crippen LogP contribution is 2.29. The van der Waals surface area contributed by atoms with Gasteiger partial charge in [0.1, 0.15) is 0 Å². The van der Waals surface area contributed by atoms with Crippen molar-refractivity contribution in [2.75, 3.05) is 13.6 Å². The molecule has 4 nitrogen and oxygen atoms in total. The quantitative estimate of drug-likeness (QED) is 0.684. The fourth-order valence-corrected chi connectivity index (χ4v) is 2.23. The zero-order valence-corrected chi connectivity index (χ0v) is 11.3. The van der Waals surface area contributed by atoms with E-state index in [1.807, 2.05) is 13.8 Å². The molecular formula is C11H22N2O2S. The van der Waals surface area contributed by atoms with E-state index < -0.39 is 11.5 Å². The van der Waals surface area contributed by atoms with Crippen molar-refractivity contribution >= 4 is 23.1 Å². The maximum Gasteiger partial charge on any atom is 0.235 e. The van der Waals surface area contributed by atoms with Gasteiger partial charge < -0.3 is 15.7 Å². The first-order valence-electron chi connectivity index (χ1n) is 5.55. The lowest BCUT2D eigenvalue weighted by atomic mass is 9.80. The number of nitrogens with two attached hydrogens (primary N) is 1. The number of aliphatic hydroxyl groups excluding tert-OH is 1. The van der Waals surface area contributed by atoms with Gasteiger partial charge in [-0.1, -0.05) is 26.1 Å². The molecule has 0 heterocycles. The second-order valence-corrected chi connectivity index (χ2v) is 4.63. The van der Waals surface area contributed by atoms with Gasteiger partial charge in [0.2, 0.25) is 5.91 Å². The van der Waals surface area contributed by atoms with Gasteiger partial charge in [0.25, 0.3) is 0 Å². The molecule has 0 aromatic carbocycles. The van der Waals surface area contributed by atoms with Crippen molar-refractivity contribution in [3.05, 3.63) is 0 Å². The molecule has 1 unspecified atom stereocenters. The molecule has 1 atom stereocenters. The van der Waals surface area contributed by atoms with Crippen LogP contribution in [0.2, 0.25) is 0 Å². The van der Waals surface area contributed by atoms with E-state index in [4.69, 9.17) is 18.0 Å². The normalized spacial score (nSPS) is 13.3. The van der Waals surface area contributed by atoms with Crippen LogP contribution in [0.3, 0.4) is 0 Å². The van der Waals surface area contributed by atoms with E-state index >= 15 is 0 Å². The molecule has 0 bridgehead atoms. The van der Waals surface area contributed by atoms with Crippen molar-refractivity contribution in [3.63, 3.8) is 0 Å². The van der Waals surface area contributed by atoms with Crippen molar-refractivity contribution in [2.24, 2.45) is 11.1 Å². The lowest BCUT2D eigenvalue weighted by molar-refractivity contribution is -0.138. The highest BCUT2D eigenvalue weighted by molar-refractivity contribution is 7.80. The van der Waals surface area contributed by atoms with Gasteiger partial charge in [-0.25, -0.2) is 0 Å². The maximum absolute atomic E-state index is 12.3. The predicted octanol–water partition coefficient (Wildman–Crippen LogP) is 0.918. The monoisotopic (exact) mass is 246 g/mol. The Morgan fingerprint density at radius 2 is 1.94 bits per heavy atom. The van der Waals surface area contributed by atoms with Crippen LogP contribution in [0.4, 0.5) is 0 Å². The van der Waals surface area contributed by atoms with Crippen molar-refractivity contribution in [3.8, 4) is 0 Å². The van der Waals surface area contributed by atoms with Crippen LogP contribution in [0.15, 0.2) is 0 Å². The van der Waals surface area contributed by atoms with Crippen LogP contribution in [0.25, 0.3) is 0 Å². The molecule has 0 fully saturated rings. The largest absolute Gasteiger partial charge is 0.392 e. The van der Waals surface area contributed by atoms with Crippen LogP contribution < -0.4 is 5.73 Å². The molecule has 3 N–H and O–H groups in total. The molecule has 0 saturated heterocycles. The van der Waals surface area contributed by atoms with E-state index in [9.17, 15) is 9.90 Å². The summed E-state index contributed by atoms with van der Waals surface area (Å²) in [5.74, 6) is -0.106. The number of carbonyl (C=O) groups excluding carboxylic acids is 1. The molecule has 94 valence electrons. The Kier molecular flexibility index (Phi) is 5.89. The van der Waals surface area contributed by atoms with Gasteiger partial charge >= 0.3 is 0 Å². The van der Waals surface area contributed by atoms with Crippen molar-refractivity contribution in [2.45, 2.75) is 39.7 Å². The molecule has 0 rings (SSSR count). The number of hydrogen-bond donors (Lipinski definition) is 2. The Morgan fingerprint density at radius 3 is 2.19 bits per heavy atom. The van der Waals surface area contributed by atoms with E-state index in [2.05, 4.69) is 0 Å². The highest BCUT2D eigenvalue weighted by atomic mass is 32.1. The molecule has 0 aliphatic heterocycles. The standard InChI is InChI=1S/C11H22N2O2S/c1-5-11(6-2,9(12)16)10(15)13(4)7-8(3)14/h8,14H,5-7H2,1-4H3,(H2,12,16). The summed E-state index contributed by atoms with van der Waals surface area (Å²) >= 11 is 5.00. The summed E-state index contributed by atoms with van der Waals surface area (Å²) in [6.45, 7) is 5.74. The maximum atomic E-state index is 12.3. The third-order valence-electron chi connectivity index (χ3n) is 2.97. The van der Waals surface area contributed by atoms with Gasteiger partial charge in [0.15, 0.2) is 0 Å². The number of amides is 1. The van der Waals surface area contributed by atoms with Crippen LogP contribution in [0.5, 0.6) is 0 Å². The molecule has 0 spiro atoms. The Bertz CT molecular complexity index is 263. The van der Waals surface area contributed by atoms with Crippen LogP contribution in [-0.4, -0.2) is 40.6 Å². The first kappa shape index (κ1) is 15.3. The van der Waals surface area contributed by atoms with E-state index in [-0.39, 0.29) is 10.9 Å². The number of hydrogen-bond acceptors (Lipinski definition) is 3. The first-order chi connectivity index (χ1) is 7.31. The Hall–Kier alpha value is -0.680. The van der Waals surface area contributed by atoms with E-state index in [1.54, 1.807) is 14.0 Å². The lowest BCUT2D eigenvalue weighted by Gasteiger charge is -2.33. The number of carbonyl (C=O) groups is 1. The summed E-state index contributed by atoms with van der Waals surface area (Å²) in [5, 5.41) is 9.26. The fraction of sp³-hybridized carbons (Fsp3) is 0.818. The zero-order chi connectivity index (χ0) is 12.9. The fourth-order valence-electron chi connectivity index (χ4n) is 1.85. The molecule has 0 aliphatic rings. The minimum atomic E-state index is -0.765.